The summed E-state index contributed by atoms with van der Waals surface area (Å²) in [6.45, 7) is 18.1. The molecule has 0 heterocycles. The summed E-state index contributed by atoms with van der Waals surface area (Å²) in [5, 5.41) is 39.2. The van der Waals surface area contributed by atoms with Crippen LogP contribution in [0.25, 0.3) is 0 Å². The average molecular weight is 958 g/mol. The summed E-state index contributed by atoms with van der Waals surface area (Å²) in [4.78, 5) is 142. The van der Waals surface area contributed by atoms with Crippen LogP contribution in [0.4, 0.5) is 0 Å². The van der Waals surface area contributed by atoms with Gasteiger partial charge >= 0.3 is 5.97 Å². The largest absolute Gasteiger partial charge is 0.481 e. The van der Waals surface area contributed by atoms with Crippen molar-refractivity contribution in [3.05, 3.63) is 0 Å². The third-order valence-corrected chi connectivity index (χ3v) is 10.9. The molecule has 0 unspecified atom stereocenters. The van der Waals surface area contributed by atoms with E-state index < -0.39 is 114 Å². The highest BCUT2D eigenvalue weighted by Crippen LogP contribution is 2.17. The lowest BCUT2D eigenvalue weighted by Gasteiger charge is -2.29. The number of hydrogen-bond donors (Lipinski definition) is 11. The van der Waals surface area contributed by atoms with Crippen molar-refractivity contribution < 1.29 is 63.0 Å². The van der Waals surface area contributed by atoms with Crippen LogP contribution in [-0.4, -0.2) is 135 Å². The van der Waals surface area contributed by atoms with Gasteiger partial charge in [-0.15, -0.1) is 0 Å². The van der Waals surface area contributed by atoms with Gasteiger partial charge in [0, 0.05) is 25.6 Å². The molecule has 0 aromatic carbocycles. The number of carboxylic acid groups (broad SMARTS) is 1. The maximum Gasteiger partial charge on any atom is 0.305 e. The lowest BCUT2D eigenvalue weighted by atomic mass is 9.98. The summed E-state index contributed by atoms with van der Waals surface area (Å²) in [5.41, 5.74) is 5.22. The Labute approximate surface area is 391 Å². The van der Waals surface area contributed by atoms with Crippen LogP contribution < -0.4 is 48.3 Å². The third-order valence-electron chi connectivity index (χ3n) is 9.99. The second-order valence-corrected chi connectivity index (χ2v) is 18.8. The first-order valence-corrected chi connectivity index (χ1v) is 23.3. The molecule has 23 heteroatoms. The maximum absolute atomic E-state index is 13.8. The molecule has 0 bridgehead atoms. The van der Waals surface area contributed by atoms with Crippen LogP contribution in [0.2, 0.25) is 0 Å². The molecule has 66 heavy (non-hydrogen) atoms. The third kappa shape index (κ3) is 24.8. The SMILES string of the molecule is CC[C@H](C)[C@H](NC(=O)[C@@H](CC(C)C)NC(=O)[C@H](CC(=O)O)NC(=O)[C@@H](NC(=O)[C@@H](CC(C)C)NC(=O)[C@H](C)NC(=O)[C@H](CCC(N)=O)NC(=O)C[C@@H](C)O)C(C)C)C(=O)SCCNC(C)=O. The number of carbonyl (C=O) groups excluding carboxylic acids is 10. The number of aliphatic hydroxyl groups is 1. The molecule has 0 saturated carbocycles. The molecular formula is C43H75N9O13S. The van der Waals surface area contributed by atoms with Crippen LogP contribution in [-0.2, 0) is 52.7 Å². The number of nitrogens with one attached hydrogen (secondary N) is 8. The molecule has 0 radical (unpaired) electrons. The zero-order valence-corrected chi connectivity index (χ0v) is 41.0. The van der Waals surface area contributed by atoms with E-state index in [9.17, 15) is 63.0 Å². The van der Waals surface area contributed by atoms with E-state index in [0.717, 1.165) is 11.8 Å². The Morgan fingerprint density at radius 3 is 1.53 bits per heavy atom. The van der Waals surface area contributed by atoms with Crippen LogP contribution in [0.15, 0.2) is 0 Å². The van der Waals surface area contributed by atoms with Crippen molar-refractivity contribution in [2.75, 3.05) is 12.3 Å². The zero-order valence-electron chi connectivity index (χ0n) is 40.2. The van der Waals surface area contributed by atoms with Crippen molar-refractivity contribution in [3.63, 3.8) is 0 Å². The first kappa shape index (κ1) is 60.7. The molecule has 12 N–H and O–H groups in total. The number of carbonyl (C=O) groups is 11. The van der Waals surface area contributed by atoms with Crippen LogP contribution in [0.5, 0.6) is 0 Å². The van der Waals surface area contributed by atoms with Crippen molar-refractivity contribution >= 4 is 76.0 Å². The van der Waals surface area contributed by atoms with E-state index in [2.05, 4.69) is 42.5 Å². The average Bonchev–Trinajstić information content (AvgIpc) is 3.19. The van der Waals surface area contributed by atoms with E-state index in [1.165, 1.54) is 20.8 Å². The number of carboxylic acids is 1. The maximum atomic E-state index is 13.8. The summed E-state index contributed by atoms with van der Waals surface area (Å²) in [6, 6.07) is -9.16. The minimum atomic E-state index is -1.73. The second kappa shape index (κ2) is 30.8. The highest BCUT2D eigenvalue weighted by Gasteiger charge is 2.36. The molecule has 0 aromatic rings. The number of amides is 9. The molecule has 9 atom stereocenters. The van der Waals surface area contributed by atoms with Gasteiger partial charge in [-0.1, -0.05) is 73.6 Å². The standard InChI is InChI=1S/C43H75N9O13S/c1-12-24(8)36(43(65)66-16-15-45-27(11)54)52-41(63)30(18-22(4)5)49-39(61)31(20-34(57)58)50-42(64)35(23(6)7)51-40(62)29(17-21(2)3)48-37(59)26(10)46-38(60)28(13-14-32(44)55)47-33(56)19-25(9)53/h21-26,28-31,35-36,53H,12-20H2,1-11H3,(H2,44,55)(H,45,54)(H,46,60)(H,47,56)(H,48,59)(H,49,61)(H,50,64)(H,51,62)(H,52,63)(H,57,58)/t24-,25+,26-,28-,29+,30+,31-,35-,36-/m0/s1. The van der Waals surface area contributed by atoms with Crippen molar-refractivity contribution in [2.24, 2.45) is 29.4 Å². The number of primary amides is 1. The summed E-state index contributed by atoms with van der Waals surface area (Å²) >= 11 is 0.932. The minimum absolute atomic E-state index is 0.0594. The van der Waals surface area contributed by atoms with Crippen LogP contribution in [0.3, 0.4) is 0 Å². The molecule has 0 rings (SSSR count). The van der Waals surface area contributed by atoms with Gasteiger partial charge in [0.05, 0.1) is 18.9 Å². The van der Waals surface area contributed by atoms with E-state index >= 15 is 0 Å². The molecule has 0 aliphatic heterocycles. The highest BCUT2D eigenvalue weighted by molar-refractivity contribution is 8.13. The van der Waals surface area contributed by atoms with Gasteiger partial charge in [-0.25, -0.2) is 0 Å². The van der Waals surface area contributed by atoms with Crippen LogP contribution >= 0.6 is 11.8 Å². The number of thioether (sulfide) groups is 1. The lowest BCUT2D eigenvalue weighted by molar-refractivity contribution is -0.142. The smallest absolute Gasteiger partial charge is 0.305 e. The molecule has 0 fully saturated rings. The first-order chi connectivity index (χ1) is 30.6. The molecule has 0 aromatic heterocycles. The van der Waals surface area contributed by atoms with Gasteiger partial charge < -0.3 is 58.5 Å². The fourth-order valence-corrected chi connectivity index (χ4v) is 7.13. The molecule has 0 saturated heterocycles. The summed E-state index contributed by atoms with van der Waals surface area (Å²) in [6.07, 6.45) is -2.10. The van der Waals surface area contributed by atoms with Gasteiger partial charge in [-0.05, 0) is 56.8 Å². The van der Waals surface area contributed by atoms with Crippen molar-refractivity contribution in [1.29, 1.82) is 0 Å². The fraction of sp³-hybridized carbons (Fsp3) is 0.744. The van der Waals surface area contributed by atoms with Gasteiger partial charge in [0.2, 0.25) is 58.3 Å². The van der Waals surface area contributed by atoms with Gasteiger partial charge in [-0.3, -0.25) is 52.7 Å². The number of nitrogens with two attached hydrogens (primary N) is 1. The Kier molecular flexibility index (Phi) is 28.3. The number of rotatable bonds is 31. The second-order valence-electron chi connectivity index (χ2n) is 17.7. The minimum Gasteiger partial charge on any atom is -0.481 e. The lowest BCUT2D eigenvalue weighted by Crippen LogP contribution is -2.61. The Morgan fingerprint density at radius 1 is 0.591 bits per heavy atom. The quantitative estimate of drug-likeness (QED) is 0.0376. The predicted octanol–water partition coefficient (Wildman–Crippen LogP) is -0.899. The molecule has 0 aliphatic carbocycles. The van der Waals surface area contributed by atoms with Gasteiger partial charge in [0.15, 0.2) is 0 Å². The van der Waals surface area contributed by atoms with E-state index in [4.69, 9.17) is 5.73 Å². The molecule has 9 amide bonds. The number of aliphatic carboxylic acids is 1. The fourth-order valence-electron chi connectivity index (χ4n) is 6.26. The number of hydrogen-bond acceptors (Lipinski definition) is 13. The first-order valence-electron chi connectivity index (χ1n) is 22.3. The Bertz CT molecular complexity index is 1690. The Balaban J connectivity index is 6.26. The van der Waals surface area contributed by atoms with E-state index in [1.807, 2.05) is 6.92 Å². The zero-order chi connectivity index (χ0) is 51.0. The van der Waals surface area contributed by atoms with Gasteiger partial charge in [0.1, 0.15) is 42.3 Å². The highest BCUT2D eigenvalue weighted by atomic mass is 32.2. The van der Waals surface area contributed by atoms with E-state index in [-0.39, 0.29) is 73.2 Å². The summed E-state index contributed by atoms with van der Waals surface area (Å²) in [5.74, 6) is -9.38. The van der Waals surface area contributed by atoms with Crippen LogP contribution in [0.1, 0.15) is 121 Å². The van der Waals surface area contributed by atoms with Gasteiger partial charge in [-0.2, -0.15) is 0 Å². The van der Waals surface area contributed by atoms with Gasteiger partial charge in [0.25, 0.3) is 0 Å². The molecular weight excluding hydrogens is 883 g/mol. The summed E-state index contributed by atoms with van der Waals surface area (Å²) in [7, 11) is 0. The molecule has 0 spiro atoms. The van der Waals surface area contributed by atoms with Crippen molar-refractivity contribution in [1.82, 2.24) is 42.5 Å². The van der Waals surface area contributed by atoms with Crippen LogP contribution in [0, 0.1) is 23.7 Å². The van der Waals surface area contributed by atoms with E-state index in [1.54, 1.807) is 48.5 Å². The summed E-state index contributed by atoms with van der Waals surface area (Å²) < 4.78 is 0. The molecule has 376 valence electrons. The molecule has 22 nitrogen and oxygen atoms in total. The Hall–Kier alpha value is -5.32. The normalized spacial score (nSPS) is 15.3. The topological polar surface area (TPSA) is 350 Å². The number of aliphatic hydroxyl groups excluding tert-OH is 1. The molecule has 0 aliphatic rings. The predicted molar refractivity (Wildman–Crippen MR) is 246 cm³/mol. The monoisotopic (exact) mass is 958 g/mol. The van der Waals surface area contributed by atoms with Crippen molar-refractivity contribution in [3.8, 4) is 0 Å². The Morgan fingerprint density at radius 2 is 1.08 bits per heavy atom. The van der Waals surface area contributed by atoms with Crippen molar-refractivity contribution in [2.45, 2.75) is 170 Å². The van der Waals surface area contributed by atoms with E-state index in [0.29, 0.717) is 6.42 Å².